The van der Waals surface area contributed by atoms with Gasteiger partial charge in [-0.2, -0.15) is 5.10 Å². The number of carbonyl (C=O) groups excluding carboxylic acids is 1. The van der Waals surface area contributed by atoms with Gasteiger partial charge in [0, 0.05) is 23.9 Å². The van der Waals surface area contributed by atoms with E-state index in [0.29, 0.717) is 12.1 Å². The van der Waals surface area contributed by atoms with Crippen LogP contribution in [-0.2, 0) is 6.54 Å². The van der Waals surface area contributed by atoms with Gasteiger partial charge in [-0.25, -0.2) is 4.68 Å². The molecule has 0 amide bonds. The number of hydrogen-bond acceptors (Lipinski definition) is 3. The maximum absolute atomic E-state index is 11.3. The lowest BCUT2D eigenvalue weighted by Gasteiger charge is -2.02. The molecule has 0 unspecified atom stereocenters. The molecule has 0 saturated heterocycles. The molecule has 0 aliphatic heterocycles. The van der Waals surface area contributed by atoms with E-state index in [1.165, 1.54) is 0 Å². The van der Waals surface area contributed by atoms with E-state index in [1.54, 1.807) is 17.7 Å². The van der Waals surface area contributed by atoms with Crippen LogP contribution in [0.3, 0.4) is 0 Å². The minimum Gasteiger partial charge on any atom is -0.326 e. The smallest absolute Gasteiger partial charge is 0.159 e. The Hall–Kier alpha value is -1.94. The number of ketones is 1. The van der Waals surface area contributed by atoms with Crippen LogP contribution >= 0.6 is 0 Å². The van der Waals surface area contributed by atoms with Crippen molar-refractivity contribution < 1.29 is 4.79 Å². The van der Waals surface area contributed by atoms with Crippen LogP contribution in [-0.4, -0.2) is 15.6 Å². The molecule has 0 atom stereocenters. The predicted octanol–water partition coefficient (Wildman–Crippen LogP) is 1.84. The van der Waals surface area contributed by atoms with Gasteiger partial charge in [0.05, 0.1) is 11.4 Å². The second-order valence-corrected chi connectivity index (χ2v) is 3.99. The number of aryl methyl sites for hydroxylation is 1. The van der Waals surface area contributed by atoms with E-state index in [4.69, 9.17) is 5.73 Å². The Morgan fingerprint density at radius 3 is 2.82 bits per heavy atom. The summed E-state index contributed by atoms with van der Waals surface area (Å²) in [5.41, 5.74) is 9.10. The van der Waals surface area contributed by atoms with Gasteiger partial charge in [-0.15, -0.1) is 0 Å². The molecule has 0 saturated carbocycles. The lowest BCUT2D eigenvalue weighted by molar-refractivity contribution is 0.101. The van der Waals surface area contributed by atoms with Gasteiger partial charge in [-0.3, -0.25) is 4.79 Å². The fourth-order valence-corrected chi connectivity index (χ4v) is 1.70. The van der Waals surface area contributed by atoms with E-state index in [1.807, 2.05) is 31.3 Å². The topological polar surface area (TPSA) is 60.9 Å². The Balaban J connectivity index is 2.45. The molecule has 1 aromatic heterocycles. The van der Waals surface area contributed by atoms with Gasteiger partial charge < -0.3 is 5.73 Å². The Labute approximate surface area is 100 Å². The number of Topliss-reactive ketones (excluding diaryl/α,β-unsaturated/α-hetero) is 1. The van der Waals surface area contributed by atoms with Crippen LogP contribution in [0.15, 0.2) is 30.5 Å². The van der Waals surface area contributed by atoms with Crippen LogP contribution in [0.5, 0.6) is 0 Å². The maximum Gasteiger partial charge on any atom is 0.159 e. The lowest BCUT2D eigenvalue weighted by Crippen LogP contribution is -1.98. The second-order valence-electron chi connectivity index (χ2n) is 3.99. The van der Waals surface area contributed by atoms with Crippen molar-refractivity contribution in [1.29, 1.82) is 0 Å². The van der Waals surface area contributed by atoms with Gasteiger partial charge in [0.2, 0.25) is 0 Å². The monoisotopic (exact) mass is 229 g/mol. The molecule has 0 radical (unpaired) electrons. The first-order valence-corrected chi connectivity index (χ1v) is 5.48. The van der Waals surface area contributed by atoms with Crippen molar-refractivity contribution in [3.05, 3.63) is 47.3 Å². The summed E-state index contributed by atoms with van der Waals surface area (Å²) in [5.74, 6) is 0.0507. The van der Waals surface area contributed by atoms with Crippen molar-refractivity contribution in [2.75, 3.05) is 0 Å². The molecular formula is C13H15N3O. The summed E-state index contributed by atoms with van der Waals surface area (Å²) in [5, 5.41) is 4.38. The van der Waals surface area contributed by atoms with Crippen molar-refractivity contribution in [3.8, 4) is 5.69 Å². The highest BCUT2D eigenvalue weighted by Gasteiger charge is 2.06. The summed E-state index contributed by atoms with van der Waals surface area (Å²) in [7, 11) is 0. The summed E-state index contributed by atoms with van der Waals surface area (Å²) in [6, 6.07) is 7.39. The van der Waals surface area contributed by atoms with Gasteiger partial charge >= 0.3 is 0 Å². The number of carbonyl (C=O) groups is 1. The average Bonchev–Trinajstić information content (AvgIpc) is 2.71. The summed E-state index contributed by atoms with van der Waals surface area (Å²) in [6.45, 7) is 3.95. The summed E-state index contributed by atoms with van der Waals surface area (Å²) in [4.78, 5) is 11.3. The number of hydrogen-bond donors (Lipinski definition) is 1. The molecule has 0 spiro atoms. The fourth-order valence-electron chi connectivity index (χ4n) is 1.70. The van der Waals surface area contributed by atoms with Gasteiger partial charge in [-0.05, 0) is 26.0 Å². The first-order chi connectivity index (χ1) is 8.11. The van der Waals surface area contributed by atoms with Crippen LogP contribution in [0.4, 0.5) is 0 Å². The zero-order chi connectivity index (χ0) is 12.4. The van der Waals surface area contributed by atoms with Crippen LogP contribution in [0, 0.1) is 6.92 Å². The lowest BCUT2D eigenvalue weighted by atomic mass is 10.1. The van der Waals surface area contributed by atoms with Crippen molar-refractivity contribution >= 4 is 5.78 Å². The molecule has 2 rings (SSSR count). The molecule has 1 heterocycles. The maximum atomic E-state index is 11.3. The molecule has 88 valence electrons. The SMILES string of the molecule is CC(=O)c1cccc(-n2cc(CN)c(C)n2)c1. The zero-order valence-corrected chi connectivity index (χ0v) is 9.97. The number of aromatic nitrogens is 2. The molecule has 4 heteroatoms. The Morgan fingerprint density at radius 2 is 2.24 bits per heavy atom. The Kier molecular flexibility index (Phi) is 3.06. The van der Waals surface area contributed by atoms with Crippen molar-refractivity contribution in [2.24, 2.45) is 5.73 Å². The van der Waals surface area contributed by atoms with Crippen molar-refractivity contribution in [3.63, 3.8) is 0 Å². The number of nitrogens with zero attached hydrogens (tertiary/aromatic N) is 2. The molecule has 2 N–H and O–H groups in total. The van der Waals surface area contributed by atoms with E-state index in [-0.39, 0.29) is 5.78 Å². The second kappa shape index (κ2) is 4.51. The van der Waals surface area contributed by atoms with Gasteiger partial charge in [0.15, 0.2) is 5.78 Å². The molecule has 0 aliphatic rings. The highest BCUT2D eigenvalue weighted by Crippen LogP contribution is 2.13. The predicted molar refractivity (Wildman–Crippen MR) is 66.2 cm³/mol. The normalized spacial score (nSPS) is 10.5. The molecule has 2 aromatic rings. The Morgan fingerprint density at radius 1 is 1.47 bits per heavy atom. The highest BCUT2D eigenvalue weighted by molar-refractivity contribution is 5.94. The standard InChI is InChI=1S/C13H15N3O/c1-9-12(7-14)8-16(15-9)13-5-3-4-11(6-13)10(2)17/h3-6,8H,7,14H2,1-2H3. The quantitative estimate of drug-likeness (QED) is 0.817. The molecular weight excluding hydrogens is 214 g/mol. The molecule has 0 fully saturated rings. The summed E-state index contributed by atoms with van der Waals surface area (Å²) >= 11 is 0. The minimum atomic E-state index is 0.0507. The molecule has 0 aliphatic carbocycles. The van der Waals surface area contributed by atoms with Crippen molar-refractivity contribution in [2.45, 2.75) is 20.4 Å². The molecule has 17 heavy (non-hydrogen) atoms. The molecule has 1 aromatic carbocycles. The minimum absolute atomic E-state index is 0.0507. The van der Waals surface area contributed by atoms with Gasteiger partial charge in [-0.1, -0.05) is 12.1 Å². The third-order valence-electron chi connectivity index (χ3n) is 2.74. The summed E-state index contributed by atoms with van der Waals surface area (Å²) < 4.78 is 1.75. The van der Waals surface area contributed by atoms with E-state index in [9.17, 15) is 4.79 Å². The Bertz CT molecular complexity index is 558. The van der Waals surface area contributed by atoms with E-state index < -0.39 is 0 Å². The molecule has 0 bridgehead atoms. The number of benzene rings is 1. The largest absolute Gasteiger partial charge is 0.326 e. The van der Waals surface area contributed by atoms with Gasteiger partial charge in [0.25, 0.3) is 0 Å². The van der Waals surface area contributed by atoms with Crippen LogP contribution in [0.1, 0.15) is 28.5 Å². The highest BCUT2D eigenvalue weighted by atomic mass is 16.1. The van der Waals surface area contributed by atoms with Gasteiger partial charge in [0.1, 0.15) is 0 Å². The average molecular weight is 229 g/mol. The van der Waals surface area contributed by atoms with Crippen molar-refractivity contribution in [1.82, 2.24) is 9.78 Å². The first-order valence-electron chi connectivity index (χ1n) is 5.48. The first kappa shape index (κ1) is 11.5. The van der Waals surface area contributed by atoms with E-state index in [2.05, 4.69) is 5.10 Å². The number of nitrogens with two attached hydrogens (primary N) is 1. The fraction of sp³-hybridized carbons (Fsp3) is 0.231. The van der Waals surface area contributed by atoms with E-state index in [0.717, 1.165) is 16.9 Å². The number of rotatable bonds is 3. The third-order valence-corrected chi connectivity index (χ3v) is 2.74. The van der Waals surface area contributed by atoms with E-state index >= 15 is 0 Å². The summed E-state index contributed by atoms with van der Waals surface area (Å²) in [6.07, 6.45) is 1.90. The third kappa shape index (κ3) is 2.26. The van der Waals surface area contributed by atoms with Crippen LogP contribution in [0.25, 0.3) is 5.69 Å². The van der Waals surface area contributed by atoms with Crippen LogP contribution in [0.2, 0.25) is 0 Å². The molecule has 4 nitrogen and oxygen atoms in total. The zero-order valence-electron chi connectivity index (χ0n) is 9.97. The van der Waals surface area contributed by atoms with Crippen LogP contribution < -0.4 is 5.73 Å².